The molecule has 0 spiro atoms. The van der Waals surface area contributed by atoms with Crippen LogP contribution in [0.1, 0.15) is 19.8 Å². The number of hydrogen-bond acceptors (Lipinski definition) is 4. The Morgan fingerprint density at radius 3 is 2.93 bits per heavy atom. The maximum atomic E-state index is 11.1. The quantitative estimate of drug-likeness (QED) is 0.422. The van der Waals surface area contributed by atoms with Gasteiger partial charge in [-0.25, -0.2) is 4.79 Å². The minimum atomic E-state index is -0.663. The average Bonchev–Trinajstić information content (AvgIpc) is 2.23. The molecule has 1 saturated heterocycles. The van der Waals surface area contributed by atoms with E-state index in [1.54, 1.807) is 0 Å². The molecule has 1 aliphatic rings. The third-order valence-electron chi connectivity index (χ3n) is 2.21. The van der Waals surface area contributed by atoms with Crippen LogP contribution in [0.4, 0.5) is 4.79 Å². The van der Waals surface area contributed by atoms with Gasteiger partial charge in [-0.2, -0.15) is 0 Å². The number of unbranched alkanes of at least 4 members (excludes halogenated alkanes) is 1. The first-order valence-electron chi connectivity index (χ1n) is 5.03. The molecule has 86 valence electrons. The van der Waals surface area contributed by atoms with Gasteiger partial charge in [0.1, 0.15) is 6.04 Å². The summed E-state index contributed by atoms with van der Waals surface area (Å²) in [6, 6.07) is -1.06. The van der Waals surface area contributed by atoms with E-state index in [2.05, 4.69) is 10.6 Å². The molecule has 15 heavy (non-hydrogen) atoms. The van der Waals surface area contributed by atoms with Gasteiger partial charge in [-0.3, -0.25) is 4.79 Å². The number of aliphatic hydroxyl groups is 1. The largest absolute Gasteiger partial charge is 0.450 e. The molecule has 0 bridgehead atoms. The van der Waals surface area contributed by atoms with Crippen molar-refractivity contribution < 1.29 is 19.4 Å². The SMILES string of the molecule is CCCCOC(=O)NC1C(=O)NC1CO. The molecule has 1 aliphatic heterocycles. The molecule has 2 amide bonds. The number of amides is 2. The normalized spacial score (nSPS) is 24.0. The predicted molar refractivity (Wildman–Crippen MR) is 52.2 cm³/mol. The van der Waals surface area contributed by atoms with Gasteiger partial charge in [-0.05, 0) is 6.42 Å². The molecule has 0 aromatic heterocycles. The van der Waals surface area contributed by atoms with Gasteiger partial charge in [0.05, 0.1) is 19.3 Å². The highest BCUT2D eigenvalue weighted by Crippen LogP contribution is 2.05. The van der Waals surface area contributed by atoms with Crippen molar-refractivity contribution in [1.82, 2.24) is 10.6 Å². The number of rotatable bonds is 5. The van der Waals surface area contributed by atoms with Gasteiger partial charge >= 0.3 is 6.09 Å². The standard InChI is InChI=1S/C9H16N2O4/c1-2-3-4-15-9(14)11-7-6(5-12)10-8(7)13/h6-7,12H,2-5H2,1H3,(H,10,13)(H,11,14). The van der Waals surface area contributed by atoms with E-state index >= 15 is 0 Å². The number of hydrogen-bond donors (Lipinski definition) is 3. The van der Waals surface area contributed by atoms with E-state index in [-0.39, 0.29) is 12.5 Å². The second kappa shape index (κ2) is 5.55. The number of carbonyl (C=O) groups is 2. The highest BCUT2D eigenvalue weighted by Gasteiger charge is 2.40. The van der Waals surface area contributed by atoms with Crippen LogP contribution in [0, 0.1) is 0 Å². The molecule has 1 rings (SSSR count). The molecule has 2 unspecified atom stereocenters. The van der Waals surface area contributed by atoms with E-state index in [9.17, 15) is 9.59 Å². The summed E-state index contributed by atoms with van der Waals surface area (Å²) in [5.74, 6) is -0.290. The third-order valence-corrected chi connectivity index (χ3v) is 2.21. The second-order valence-electron chi connectivity index (χ2n) is 3.41. The van der Waals surface area contributed by atoms with E-state index in [4.69, 9.17) is 9.84 Å². The van der Waals surface area contributed by atoms with Crippen molar-refractivity contribution in [3.05, 3.63) is 0 Å². The fraction of sp³-hybridized carbons (Fsp3) is 0.778. The van der Waals surface area contributed by atoms with Crippen molar-refractivity contribution >= 4 is 12.0 Å². The van der Waals surface area contributed by atoms with Crippen LogP contribution < -0.4 is 10.6 Å². The fourth-order valence-corrected chi connectivity index (χ4v) is 1.24. The summed E-state index contributed by atoms with van der Waals surface area (Å²) in [7, 11) is 0. The van der Waals surface area contributed by atoms with Gasteiger partial charge in [0.2, 0.25) is 5.91 Å². The molecule has 3 N–H and O–H groups in total. The zero-order chi connectivity index (χ0) is 11.3. The molecule has 1 fully saturated rings. The fourth-order valence-electron chi connectivity index (χ4n) is 1.24. The van der Waals surface area contributed by atoms with Gasteiger partial charge in [0, 0.05) is 0 Å². The third kappa shape index (κ3) is 3.09. The number of β-lactam (4-membered cyclic amide) rings is 1. The van der Waals surface area contributed by atoms with Crippen LogP contribution in [0.3, 0.4) is 0 Å². The van der Waals surface area contributed by atoms with E-state index in [1.807, 2.05) is 6.92 Å². The van der Waals surface area contributed by atoms with Crippen LogP contribution in [0.15, 0.2) is 0 Å². The summed E-state index contributed by atoms with van der Waals surface area (Å²) in [6.45, 7) is 2.15. The molecule has 0 saturated carbocycles. The van der Waals surface area contributed by atoms with Gasteiger partial charge in [-0.15, -0.1) is 0 Å². The van der Waals surface area contributed by atoms with Gasteiger partial charge in [0.25, 0.3) is 0 Å². The van der Waals surface area contributed by atoms with Gasteiger partial charge in [0.15, 0.2) is 0 Å². The van der Waals surface area contributed by atoms with E-state index in [0.717, 1.165) is 12.8 Å². The Labute approximate surface area is 88.0 Å². The van der Waals surface area contributed by atoms with Gasteiger partial charge in [-0.1, -0.05) is 13.3 Å². The van der Waals surface area contributed by atoms with Crippen LogP contribution in [0.25, 0.3) is 0 Å². The minimum Gasteiger partial charge on any atom is -0.450 e. The molecule has 2 atom stereocenters. The molecular formula is C9H16N2O4. The van der Waals surface area contributed by atoms with Crippen molar-refractivity contribution in [3.8, 4) is 0 Å². The van der Waals surface area contributed by atoms with Crippen molar-refractivity contribution in [2.45, 2.75) is 31.8 Å². The van der Waals surface area contributed by atoms with Gasteiger partial charge < -0.3 is 20.5 Å². The first kappa shape index (κ1) is 11.8. The Bertz CT molecular complexity index is 244. The number of alkyl carbamates (subject to hydrolysis) is 1. The number of aliphatic hydroxyl groups excluding tert-OH is 1. The molecule has 1 heterocycles. The average molecular weight is 216 g/mol. The van der Waals surface area contributed by atoms with Crippen LogP contribution in [-0.2, 0) is 9.53 Å². The van der Waals surface area contributed by atoms with Crippen LogP contribution in [-0.4, -0.2) is 42.4 Å². The monoisotopic (exact) mass is 216 g/mol. The molecule has 0 aromatic carbocycles. The summed E-state index contributed by atoms with van der Waals surface area (Å²) in [5.41, 5.74) is 0. The number of carbonyl (C=O) groups excluding carboxylic acids is 2. The Morgan fingerprint density at radius 2 is 2.40 bits per heavy atom. The first-order chi connectivity index (χ1) is 7.19. The van der Waals surface area contributed by atoms with Crippen molar-refractivity contribution in [2.75, 3.05) is 13.2 Å². The Kier molecular flexibility index (Phi) is 4.36. The molecule has 6 heteroatoms. The maximum absolute atomic E-state index is 11.1. The second-order valence-corrected chi connectivity index (χ2v) is 3.41. The first-order valence-corrected chi connectivity index (χ1v) is 5.03. The summed E-state index contributed by atoms with van der Waals surface area (Å²) in [6.07, 6.45) is 1.13. The zero-order valence-corrected chi connectivity index (χ0v) is 8.66. The summed E-state index contributed by atoms with van der Waals surface area (Å²) < 4.78 is 4.82. The molecule has 6 nitrogen and oxygen atoms in total. The van der Waals surface area contributed by atoms with Crippen LogP contribution in [0.2, 0.25) is 0 Å². The molecule has 0 aromatic rings. The van der Waals surface area contributed by atoms with Crippen molar-refractivity contribution in [2.24, 2.45) is 0 Å². The van der Waals surface area contributed by atoms with E-state index in [0.29, 0.717) is 6.61 Å². The van der Waals surface area contributed by atoms with E-state index < -0.39 is 18.2 Å². The Hall–Kier alpha value is -1.30. The molecule has 0 aliphatic carbocycles. The lowest BCUT2D eigenvalue weighted by molar-refractivity contribution is -0.132. The minimum absolute atomic E-state index is 0.189. The topological polar surface area (TPSA) is 87.7 Å². The summed E-state index contributed by atoms with van der Waals surface area (Å²) in [4.78, 5) is 22.1. The highest BCUT2D eigenvalue weighted by atomic mass is 16.5. The van der Waals surface area contributed by atoms with Crippen molar-refractivity contribution in [3.63, 3.8) is 0 Å². The molecule has 0 radical (unpaired) electrons. The number of nitrogens with one attached hydrogen (secondary N) is 2. The van der Waals surface area contributed by atoms with Crippen molar-refractivity contribution in [1.29, 1.82) is 0 Å². The smallest absolute Gasteiger partial charge is 0.407 e. The lowest BCUT2D eigenvalue weighted by Crippen LogP contribution is -2.70. The lowest BCUT2D eigenvalue weighted by Gasteiger charge is -2.35. The summed E-state index contributed by atoms with van der Waals surface area (Å²) >= 11 is 0. The zero-order valence-electron chi connectivity index (χ0n) is 8.66. The number of ether oxygens (including phenoxy) is 1. The lowest BCUT2D eigenvalue weighted by atomic mass is 10.0. The van der Waals surface area contributed by atoms with Crippen LogP contribution >= 0.6 is 0 Å². The molecular weight excluding hydrogens is 200 g/mol. The summed E-state index contributed by atoms with van der Waals surface area (Å²) in [5, 5.41) is 13.6. The Morgan fingerprint density at radius 1 is 1.67 bits per heavy atom. The maximum Gasteiger partial charge on any atom is 0.407 e. The Balaban J connectivity index is 2.22. The predicted octanol–water partition coefficient (Wildman–Crippen LogP) is -0.628. The van der Waals surface area contributed by atoms with E-state index in [1.165, 1.54) is 0 Å². The highest BCUT2D eigenvalue weighted by molar-refractivity contribution is 5.92. The van der Waals surface area contributed by atoms with Crippen LogP contribution in [0.5, 0.6) is 0 Å².